The first-order chi connectivity index (χ1) is 6.43. The van der Waals surface area contributed by atoms with Crippen LogP contribution in [0.25, 0.3) is 0 Å². The van der Waals surface area contributed by atoms with Gasteiger partial charge >= 0.3 is 0 Å². The topological polar surface area (TPSA) is 24.1 Å². The highest BCUT2D eigenvalue weighted by Gasteiger charge is 1.90. The Morgan fingerprint density at radius 1 is 1.08 bits per heavy atom. The predicted octanol–water partition coefficient (Wildman–Crippen LogP) is 1.56. The van der Waals surface area contributed by atoms with E-state index in [4.69, 9.17) is 11.6 Å². The quantitative estimate of drug-likeness (QED) is 0.670. The van der Waals surface area contributed by atoms with Gasteiger partial charge in [0.2, 0.25) is 0 Å². The molecule has 0 amide bonds. The largest absolute Gasteiger partial charge is 0.303 e. The van der Waals surface area contributed by atoms with Crippen LogP contribution in [0.4, 0.5) is 0 Å². The minimum atomic E-state index is 0.612. The molecule has 1 aromatic rings. The molecule has 1 aliphatic rings. The second kappa shape index (κ2) is 6.89. The standard InChI is InChI=1S/C7H7Cl.C3H8N2/c8-6-7-4-2-1-3-5-7;1-2-5-3-4-1/h1-5H,6H2;4-5H,1-3H2. The maximum atomic E-state index is 5.53. The van der Waals surface area contributed by atoms with Crippen molar-refractivity contribution in [1.82, 2.24) is 10.6 Å². The Kier molecular flexibility index (Phi) is 5.57. The van der Waals surface area contributed by atoms with Gasteiger partial charge in [-0.05, 0) is 5.56 Å². The molecule has 2 N–H and O–H groups in total. The number of hydrogen-bond acceptors (Lipinski definition) is 2. The van der Waals surface area contributed by atoms with Gasteiger partial charge in [-0.25, -0.2) is 0 Å². The zero-order valence-corrected chi connectivity index (χ0v) is 8.35. The summed E-state index contributed by atoms with van der Waals surface area (Å²) in [4.78, 5) is 0. The Labute approximate surface area is 84.3 Å². The first kappa shape index (κ1) is 10.5. The van der Waals surface area contributed by atoms with Gasteiger partial charge in [0.05, 0.1) is 0 Å². The maximum absolute atomic E-state index is 5.53. The van der Waals surface area contributed by atoms with Crippen molar-refractivity contribution in [2.24, 2.45) is 0 Å². The molecule has 2 nitrogen and oxygen atoms in total. The second-order valence-electron chi connectivity index (χ2n) is 2.80. The molecule has 72 valence electrons. The highest BCUT2D eigenvalue weighted by Crippen LogP contribution is 2.00. The van der Waals surface area contributed by atoms with E-state index < -0.39 is 0 Å². The predicted molar refractivity (Wildman–Crippen MR) is 56.9 cm³/mol. The monoisotopic (exact) mass is 198 g/mol. The number of hydrogen-bond donors (Lipinski definition) is 2. The van der Waals surface area contributed by atoms with Crippen LogP contribution in [0.2, 0.25) is 0 Å². The van der Waals surface area contributed by atoms with E-state index in [0.29, 0.717) is 5.88 Å². The molecule has 0 radical (unpaired) electrons. The number of halogens is 1. The Bertz CT molecular complexity index is 202. The molecule has 1 aromatic carbocycles. The molecular formula is C10H15ClN2. The maximum Gasteiger partial charge on any atom is 0.0474 e. The van der Waals surface area contributed by atoms with Gasteiger partial charge in [0, 0.05) is 25.6 Å². The number of rotatable bonds is 1. The van der Waals surface area contributed by atoms with Crippen LogP contribution in [-0.2, 0) is 5.88 Å². The summed E-state index contributed by atoms with van der Waals surface area (Å²) in [7, 11) is 0. The van der Waals surface area contributed by atoms with Gasteiger partial charge in [0.15, 0.2) is 0 Å². The number of nitrogens with one attached hydrogen (secondary N) is 2. The lowest BCUT2D eigenvalue weighted by Crippen LogP contribution is -2.11. The van der Waals surface area contributed by atoms with Crippen molar-refractivity contribution in [2.75, 3.05) is 19.8 Å². The summed E-state index contributed by atoms with van der Waals surface area (Å²) >= 11 is 5.53. The van der Waals surface area contributed by atoms with Crippen LogP contribution < -0.4 is 10.6 Å². The molecule has 1 aliphatic heterocycles. The lowest BCUT2D eigenvalue weighted by molar-refractivity contribution is 0.807. The van der Waals surface area contributed by atoms with Gasteiger partial charge < -0.3 is 10.6 Å². The molecule has 3 heteroatoms. The van der Waals surface area contributed by atoms with Crippen LogP contribution in [0.5, 0.6) is 0 Å². The Morgan fingerprint density at radius 2 is 1.69 bits per heavy atom. The average molecular weight is 199 g/mol. The van der Waals surface area contributed by atoms with Crippen LogP contribution in [0.1, 0.15) is 5.56 Å². The molecule has 0 atom stereocenters. The first-order valence-electron chi connectivity index (χ1n) is 4.45. The van der Waals surface area contributed by atoms with Crippen molar-refractivity contribution in [3.05, 3.63) is 35.9 Å². The summed E-state index contributed by atoms with van der Waals surface area (Å²) in [6, 6.07) is 9.96. The smallest absolute Gasteiger partial charge is 0.0474 e. The fourth-order valence-corrected chi connectivity index (χ4v) is 1.19. The highest BCUT2D eigenvalue weighted by atomic mass is 35.5. The third kappa shape index (κ3) is 4.88. The van der Waals surface area contributed by atoms with E-state index in [0.717, 1.165) is 19.8 Å². The lowest BCUT2D eigenvalue weighted by atomic mass is 10.2. The third-order valence-corrected chi connectivity index (χ3v) is 2.03. The molecule has 1 heterocycles. The highest BCUT2D eigenvalue weighted by molar-refractivity contribution is 6.17. The van der Waals surface area contributed by atoms with Crippen molar-refractivity contribution >= 4 is 11.6 Å². The van der Waals surface area contributed by atoms with E-state index in [1.807, 2.05) is 30.3 Å². The molecule has 0 aliphatic carbocycles. The molecule has 0 bridgehead atoms. The van der Waals surface area contributed by atoms with Crippen LogP contribution in [0, 0.1) is 0 Å². The molecular weight excluding hydrogens is 184 g/mol. The van der Waals surface area contributed by atoms with Gasteiger partial charge in [-0.3, -0.25) is 0 Å². The SMILES string of the molecule is C1CNCN1.ClCc1ccccc1. The van der Waals surface area contributed by atoms with Crippen molar-refractivity contribution in [1.29, 1.82) is 0 Å². The van der Waals surface area contributed by atoms with Gasteiger partial charge in [-0.2, -0.15) is 0 Å². The minimum absolute atomic E-state index is 0.612. The molecule has 0 spiro atoms. The van der Waals surface area contributed by atoms with Crippen molar-refractivity contribution < 1.29 is 0 Å². The second-order valence-corrected chi connectivity index (χ2v) is 3.06. The zero-order chi connectivity index (χ0) is 9.36. The normalized spacial score (nSPS) is 14.8. The summed E-state index contributed by atoms with van der Waals surface area (Å²) in [5, 5.41) is 6.22. The summed E-state index contributed by atoms with van der Waals surface area (Å²) in [5.41, 5.74) is 1.18. The molecule has 0 saturated carbocycles. The van der Waals surface area contributed by atoms with E-state index in [-0.39, 0.29) is 0 Å². The Balaban J connectivity index is 0.000000145. The Hall–Kier alpha value is -0.570. The Morgan fingerprint density at radius 3 is 2.00 bits per heavy atom. The van der Waals surface area contributed by atoms with E-state index in [9.17, 15) is 0 Å². The summed E-state index contributed by atoms with van der Waals surface area (Å²) in [5.74, 6) is 0.612. The van der Waals surface area contributed by atoms with Gasteiger partial charge in [0.1, 0.15) is 0 Å². The van der Waals surface area contributed by atoms with Gasteiger partial charge in [-0.15, -0.1) is 11.6 Å². The number of alkyl halides is 1. The lowest BCUT2D eigenvalue weighted by Gasteiger charge is -1.88. The molecule has 1 fully saturated rings. The van der Waals surface area contributed by atoms with Crippen molar-refractivity contribution in [3.63, 3.8) is 0 Å². The van der Waals surface area contributed by atoms with E-state index in [1.54, 1.807) is 0 Å². The third-order valence-electron chi connectivity index (χ3n) is 1.73. The van der Waals surface area contributed by atoms with E-state index in [1.165, 1.54) is 5.56 Å². The molecule has 0 unspecified atom stereocenters. The fraction of sp³-hybridized carbons (Fsp3) is 0.400. The summed E-state index contributed by atoms with van der Waals surface area (Å²) < 4.78 is 0. The van der Waals surface area contributed by atoms with E-state index in [2.05, 4.69) is 10.6 Å². The molecule has 1 saturated heterocycles. The van der Waals surface area contributed by atoms with Crippen LogP contribution in [0.3, 0.4) is 0 Å². The number of benzene rings is 1. The van der Waals surface area contributed by atoms with Crippen molar-refractivity contribution in [3.8, 4) is 0 Å². The van der Waals surface area contributed by atoms with Gasteiger partial charge in [-0.1, -0.05) is 30.3 Å². The summed E-state index contributed by atoms with van der Waals surface area (Å²) in [6.45, 7) is 3.28. The summed E-state index contributed by atoms with van der Waals surface area (Å²) in [6.07, 6.45) is 0. The van der Waals surface area contributed by atoms with Crippen LogP contribution in [-0.4, -0.2) is 19.8 Å². The average Bonchev–Trinajstić information content (AvgIpc) is 2.77. The first-order valence-corrected chi connectivity index (χ1v) is 4.98. The zero-order valence-electron chi connectivity index (χ0n) is 7.59. The minimum Gasteiger partial charge on any atom is -0.303 e. The van der Waals surface area contributed by atoms with Gasteiger partial charge in [0.25, 0.3) is 0 Å². The van der Waals surface area contributed by atoms with Crippen LogP contribution >= 0.6 is 11.6 Å². The molecule has 13 heavy (non-hydrogen) atoms. The van der Waals surface area contributed by atoms with Crippen LogP contribution in [0.15, 0.2) is 30.3 Å². The molecule has 2 rings (SSSR count). The van der Waals surface area contributed by atoms with Crippen molar-refractivity contribution in [2.45, 2.75) is 5.88 Å². The molecule has 0 aromatic heterocycles. The van der Waals surface area contributed by atoms with E-state index >= 15 is 0 Å². The fourth-order valence-electron chi connectivity index (χ4n) is 1.01.